The second-order valence-electron chi connectivity index (χ2n) is 6.00. The van der Waals surface area contributed by atoms with Crippen molar-refractivity contribution in [3.05, 3.63) is 82.5 Å². The fourth-order valence-corrected chi connectivity index (χ4v) is 3.71. The number of allylic oxidation sites excluding steroid dienone is 3. The Labute approximate surface area is 161 Å². The van der Waals surface area contributed by atoms with Gasteiger partial charge in [-0.2, -0.15) is 0 Å². The number of hydrogen-bond acceptors (Lipinski definition) is 5. The van der Waals surface area contributed by atoms with Crippen molar-refractivity contribution in [2.75, 3.05) is 0 Å². The van der Waals surface area contributed by atoms with E-state index in [4.69, 9.17) is 0 Å². The number of hydrogen-bond donors (Lipinski definition) is 1. The summed E-state index contributed by atoms with van der Waals surface area (Å²) >= 11 is 1.16. The normalized spacial score (nSPS) is 14.2. The zero-order valence-electron chi connectivity index (χ0n) is 14.8. The monoisotopic (exact) mass is 378 g/mol. The molecular formula is C21H18N2O3S. The average Bonchev–Trinajstić information content (AvgIpc) is 2.66. The zero-order chi connectivity index (χ0) is 19.2. The molecule has 1 aromatic heterocycles. The Morgan fingerprint density at radius 2 is 1.78 bits per heavy atom. The molecule has 1 aliphatic carbocycles. The molecule has 1 amide bonds. The van der Waals surface area contributed by atoms with Gasteiger partial charge in [-0.05, 0) is 30.5 Å². The molecule has 0 fully saturated rings. The second-order valence-corrected chi connectivity index (χ2v) is 7.03. The minimum absolute atomic E-state index is 0.00870. The van der Waals surface area contributed by atoms with Gasteiger partial charge in [-0.15, -0.1) is 0 Å². The van der Waals surface area contributed by atoms with Crippen molar-refractivity contribution in [1.82, 2.24) is 10.3 Å². The van der Waals surface area contributed by atoms with E-state index >= 15 is 0 Å². The van der Waals surface area contributed by atoms with Gasteiger partial charge in [0.1, 0.15) is 5.03 Å². The van der Waals surface area contributed by atoms with Crippen molar-refractivity contribution in [1.29, 1.82) is 0 Å². The Hall–Kier alpha value is -2.99. The molecule has 5 nitrogen and oxygen atoms in total. The van der Waals surface area contributed by atoms with Crippen LogP contribution in [-0.2, 0) is 20.8 Å². The van der Waals surface area contributed by atoms with E-state index in [1.807, 2.05) is 36.4 Å². The molecule has 0 unspecified atom stereocenters. The van der Waals surface area contributed by atoms with Gasteiger partial charge >= 0.3 is 0 Å². The number of rotatable bonds is 6. The summed E-state index contributed by atoms with van der Waals surface area (Å²) in [6.45, 7) is 1.30. The quantitative estimate of drug-likeness (QED) is 0.781. The third-order valence-electron chi connectivity index (χ3n) is 3.96. The first-order chi connectivity index (χ1) is 13.0. The first kappa shape index (κ1) is 18.8. The number of aromatic nitrogens is 1. The molecule has 0 saturated carbocycles. The Morgan fingerprint density at radius 1 is 1.04 bits per heavy atom. The number of nitrogens with one attached hydrogen (secondary N) is 1. The summed E-state index contributed by atoms with van der Waals surface area (Å²) in [6.07, 6.45) is 3.93. The Morgan fingerprint density at radius 3 is 2.44 bits per heavy atom. The van der Waals surface area contributed by atoms with Crippen molar-refractivity contribution < 1.29 is 14.4 Å². The van der Waals surface area contributed by atoms with Crippen LogP contribution in [0.5, 0.6) is 0 Å². The van der Waals surface area contributed by atoms with Crippen LogP contribution in [0, 0.1) is 0 Å². The molecule has 0 aliphatic heterocycles. The fraction of sp³-hybridized carbons (Fsp3) is 0.143. The second kappa shape index (κ2) is 8.60. The third-order valence-corrected chi connectivity index (χ3v) is 5.05. The average molecular weight is 378 g/mol. The molecule has 3 rings (SSSR count). The SMILES string of the molecule is CC(=O)NC1=CC(=O)C(CCc2ccccc2)=C(Sc2ccccn2)C1=O. The van der Waals surface area contributed by atoms with Crippen LogP contribution in [0.15, 0.2) is 82.0 Å². The third kappa shape index (κ3) is 4.80. The lowest BCUT2D eigenvalue weighted by Gasteiger charge is -2.19. The minimum Gasteiger partial charge on any atom is -0.323 e. The maximum absolute atomic E-state index is 12.9. The predicted octanol–water partition coefficient (Wildman–Crippen LogP) is 3.23. The number of Topliss-reactive ketones (excluding diaryl/α,β-unsaturated/α-hetero) is 1. The van der Waals surface area contributed by atoms with Gasteiger partial charge in [-0.1, -0.05) is 48.2 Å². The molecule has 1 aromatic carbocycles. The van der Waals surface area contributed by atoms with Gasteiger partial charge in [0.05, 0.1) is 10.6 Å². The van der Waals surface area contributed by atoms with Gasteiger partial charge < -0.3 is 5.32 Å². The van der Waals surface area contributed by atoms with Gasteiger partial charge in [0.2, 0.25) is 11.7 Å². The van der Waals surface area contributed by atoms with Crippen LogP contribution in [0.2, 0.25) is 0 Å². The summed E-state index contributed by atoms with van der Waals surface area (Å²) in [5, 5.41) is 3.08. The van der Waals surface area contributed by atoms with Crippen LogP contribution in [0.4, 0.5) is 0 Å². The number of thioether (sulfide) groups is 1. The van der Waals surface area contributed by atoms with Crippen LogP contribution in [0.25, 0.3) is 0 Å². The van der Waals surface area contributed by atoms with E-state index in [2.05, 4.69) is 10.3 Å². The lowest BCUT2D eigenvalue weighted by molar-refractivity contribution is -0.120. The van der Waals surface area contributed by atoms with Crippen molar-refractivity contribution in [3.8, 4) is 0 Å². The fourth-order valence-electron chi connectivity index (χ4n) is 2.71. The van der Waals surface area contributed by atoms with E-state index in [1.165, 1.54) is 13.0 Å². The van der Waals surface area contributed by atoms with Crippen LogP contribution < -0.4 is 5.32 Å². The molecular weight excluding hydrogens is 360 g/mol. The number of ketones is 2. The number of pyridine rings is 1. The number of benzene rings is 1. The highest BCUT2D eigenvalue weighted by Gasteiger charge is 2.29. The van der Waals surface area contributed by atoms with Crippen molar-refractivity contribution in [3.63, 3.8) is 0 Å². The molecule has 1 aliphatic rings. The van der Waals surface area contributed by atoms with Crippen molar-refractivity contribution in [2.45, 2.75) is 24.8 Å². The maximum atomic E-state index is 12.9. The summed E-state index contributed by atoms with van der Waals surface area (Å²) in [5.41, 5.74) is 1.55. The van der Waals surface area contributed by atoms with E-state index < -0.39 is 5.91 Å². The van der Waals surface area contributed by atoms with Gasteiger partial charge in [-0.25, -0.2) is 4.98 Å². The predicted molar refractivity (Wildman–Crippen MR) is 104 cm³/mol. The topological polar surface area (TPSA) is 76.1 Å². The molecule has 0 bridgehead atoms. The maximum Gasteiger partial charge on any atom is 0.221 e. The highest BCUT2D eigenvalue weighted by molar-refractivity contribution is 8.04. The van der Waals surface area contributed by atoms with Gasteiger partial charge in [0.15, 0.2) is 5.78 Å². The first-order valence-corrected chi connectivity index (χ1v) is 9.30. The number of aryl methyl sites for hydroxylation is 1. The highest BCUT2D eigenvalue weighted by atomic mass is 32.2. The van der Waals surface area contributed by atoms with Crippen molar-refractivity contribution >= 4 is 29.2 Å². The molecule has 136 valence electrons. The van der Waals surface area contributed by atoms with E-state index in [0.717, 1.165) is 17.3 Å². The van der Waals surface area contributed by atoms with E-state index in [-0.39, 0.29) is 17.3 Å². The molecule has 6 heteroatoms. The van der Waals surface area contributed by atoms with Crippen molar-refractivity contribution in [2.24, 2.45) is 0 Å². The molecule has 0 atom stereocenters. The largest absolute Gasteiger partial charge is 0.323 e. The molecule has 0 saturated heterocycles. The molecule has 1 heterocycles. The van der Waals surface area contributed by atoms with Crippen LogP contribution >= 0.6 is 11.8 Å². The summed E-state index contributed by atoms with van der Waals surface area (Å²) in [6, 6.07) is 15.2. The Balaban J connectivity index is 1.92. The summed E-state index contributed by atoms with van der Waals surface area (Å²) < 4.78 is 0. The molecule has 2 aromatic rings. The van der Waals surface area contributed by atoms with Gasteiger partial charge in [0.25, 0.3) is 0 Å². The molecule has 1 N–H and O–H groups in total. The Bertz CT molecular complexity index is 934. The zero-order valence-corrected chi connectivity index (χ0v) is 15.6. The standard InChI is InChI=1S/C21H18N2O3S/c1-14(24)23-17-13-18(25)16(11-10-15-7-3-2-4-8-15)21(20(17)26)27-19-9-5-6-12-22-19/h2-9,12-13H,10-11H2,1H3,(H,23,24). The molecule has 0 radical (unpaired) electrons. The molecule has 0 spiro atoms. The lowest BCUT2D eigenvalue weighted by Crippen LogP contribution is -2.30. The first-order valence-electron chi connectivity index (χ1n) is 8.49. The molecule has 27 heavy (non-hydrogen) atoms. The smallest absolute Gasteiger partial charge is 0.221 e. The number of amides is 1. The summed E-state index contributed by atoms with van der Waals surface area (Å²) in [4.78, 5) is 41.5. The number of carbonyl (C=O) groups is 3. The lowest BCUT2D eigenvalue weighted by atomic mass is 9.95. The summed E-state index contributed by atoms with van der Waals surface area (Å²) in [7, 11) is 0. The Kier molecular flexibility index (Phi) is 5.98. The number of carbonyl (C=O) groups excluding carboxylic acids is 3. The van der Waals surface area contributed by atoms with E-state index in [9.17, 15) is 14.4 Å². The van der Waals surface area contributed by atoms with Crippen LogP contribution in [0.1, 0.15) is 18.9 Å². The minimum atomic E-state index is -0.391. The number of nitrogens with zero attached hydrogens (tertiary/aromatic N) is 1. The van der Waals surface area contributed by atoms with E-state index in [0.29, 0.717) is 28.3 Å². The van der Waals surface area contributed by atoms with Crippen LogP contribution in [0.3, 0.4) is 0 Å². The summed E-state index contributed by atoms with van der Waals surface area (Å²) in [5.74, 6) is -1.01. The van der Waals surface area contributed by atoms with Crippen LogP contribution in [-0.4, -0.2) is 22.5 Å². The highest BCUT2D eigenvalue weighted by Crippen LogP contribution is 2.34. The van der Waals surface area contributed by atoms with Gasteiger partial charge in [-0.3, -0.25) is 14.4 Å². The van der Waals surface area contributed by atoms with Gasteiger partial charge in [0, 0.05) is 24.8 Å². The van der Waals surface area contributed by atoms with E-state index in [1.54, 1.807) is 18.3 Å².